The highest BCUT2D eigenvalue weighted by atomic mass is 19.3. The lowest BCUT2D eigenvalue weighted by atomic mass is 10.2. The summed E-state index contributed by atoms with van der Waals surface area (Å²) in [5.41, 5.74) is 0.447. The average Bonchev–Trinajstić information content (AvgIpc) is 2.86. The van der Waals surface area contributed by atoms with E-state index >= 15 is 0 Å². The highest BCUT2D eigenvalue weighted by molar-refractivity contribution is 5.92. The normalized spacial score (nSPS) is 16.1. The number of nitrogens with zero attached hydrogens (tertiary/aromatic N) is 1. The van der Waals surface area contributed by atoms with Gasteiger partial charge in [-0.25, -0.2) is 0 Å². The molecule has 6 heteroatoms. The number of ether oxygens (including phenoxy) is 1. The van der Waals surface area contributed by atoms with Crippen LogP contribution in [-0.4, -0.2) is 43.6 Å². The number of alkyl halides is 2. The highest BCUT2D eigenvalue weighted by Crippen LogP contribution is 2.21. The number of amides is 1. The van der Waals surface area contributed by atoms with Gasteiger partial charge in [-0.15, -0.1) is 0 Å². The van der Waals surface area contributed by atoms with Crippen molar-refractivity contribution in [2.45, 2.75) is 38.7 Å². The van der Waals surface area contributed by atoms with Gasteiger partial charge in [-0.3, -0.25) is 4.79 Å². The van der Waals surface area contributed by atoms with Crippen molar-refractivity contribution in [3.8, 4) is 5.75 Å². The van der Waals surface area contributed by atoms with E-state index < -0.39 is 6.61 Å². The van der Waals surface area contributed by atoms with Gasteiger partial charge < -0.3 is 15.0 Å². The molecule has 0 radical (unpaired) electrons. The summed E-state index contributed by atoms with van der Waals surface area (Å²) in [4.78, 5) is 14.3. The Kier molecular flexibility index (Phi) is 8.39. The van der Waals surface area contributed by atoms with Crippen LogP contribution in [0.3, 0.4) is 0 Å². The Hall–Kier alpha value is -1.95. The van der Waals surface area contributed by atoms with Crippen LogP contribution in [0.1, 0.15) is 37.7 Å². The monoisotopic (exact) mass is 352 g/mol. The van der Waals surface area contributed by atoms with Crippen molar-refractivity contribution in [2.24, 2.45) is 0 Å². The predicted molar refractivity (Wildman–Crippen MR) is 94.6 cm³/mol. The third-order valence-corrected chi connectivity index (χ3v) is 4.20. The summed E-state index contributed by atoms with van der Waals surface area (Å²) in [6, 6.07) is 6.39. The minimum absolute atomic E-state index is 0.0581. The van der Waals surface area contributed by atoms with Gasteiger partial charge in [0, 0.05) is 18.2 Å². The third-order valence-electron chi connectivity index (χ3n) is 4.20. The fourth-order valence-corrected chi connectivity index (χ4v) is 2.92. The van der Waals surface area contributed by atoms with Crippen LogP contribution in [0.25, 0.3) is 6.08 Å². The summed E-state index contributed by atoms with van der Waals surface area (Å²) in [5.74, 6) is -0.176. The summed E-state index contributed by atoms with van der Waals surface area (Å²) < 4.78 is 29.1. The topological polar surface area (TPSA) is 41.6 Å². The molecule has 0 atom stereocenters. The number of hydrogen-bond acceptors (Lipinski definition) is 3. The van der Waals surface area contributed by atoms with Crippen molar-refractivity contribution < 1.29 is 18.3 Å². The Labute approximate surface area is 147 Å². The molecule has 1 heterocycles. The lowest BCUT2D eigenvalue weighted by Gasteiger charge is -2.19. The Morgan fingerprint density at radius 1 is 1.20 bits per heavy atom. The van der Waals surface area contributed by atoms with E-state index in [0.717, 1.165) is 26.1 Å². The van der Waals surface area contributed by atoms with Crippen molar-refractivity contribution in [3.63, 3.8) is 0 Å². The zero-order valence-corrected chi connectivity index (χ0v) is 14.4. The molecule has 1 fully saturated rings. The number of rotatable bonds is 8. The van der Waals surface area contributed by atoms with Crippen LogP contribution in [0.2, 0.25) is 0 Å². The summed E-state index contributed by atoms with van der Waals surface area (Å²) in [7, 11) is 0. The van der Waals surface area contributed by atoms with Crippen LogP contribution in [0.15, 0.2) is 30.3 Å². The van der Waals surface area contributed by atoms with Gasteiger partial charge in [0.05, 0.1) is 0 Å². The van der Waals surface area contributed by atoms with Gasteiger partial charge in [-0.2, -0.15) is 8.78 Å². The molecule has 1 aliphatic heterocycles. The van der Waals surface area contributed by atoms with Crippen LogP contribution < -0.4 is 10.1 Å². The second-order valence-corrected chi connectivity index (χ2v) is 6.15. The van der Waals surface area contributed by atoms with E-state index in [1.165, 1.54) is 43.9 Å². The molecule has 0 aliphatic carbocycles. The Balaban J connectivity index is 1.72. The zero-order valence-electron chi connectivity index (χ0n) is 14.4. The van der Waals surface area contributed by atoms with Crippen molar-refractivity contribution in [3.05, 3.63) is 35.9 Å². The lowest BCUT2D eigenvalue weighted by Crippen LogP contribution is -2.30. The fourth-order valence-electron chi connectivity index (χ4n) is 2.92. The van der Waals surface area contributed by atoms with Gasteiger partial charge in [-0.05, 0) is 51.0 Å². The summed E-state index contributed by atoms with van der Waals surface area (Å²) in [6.07, 6.45) is 8.89. The van der Waals surface area contributed by atoms with Crippen LogP contribution >= 0.6 is 0 Å². The molecule has 0 bridgehead atoms. The van der Waals surface area contributed by atoms with Gasteiger partial charge in [0.1, 0.15) is 5.75 Å². The quantitative estimate of drug-likeness (QED) is 0.573. The number of carbonyl (C=O) groups excluding carboxylic acids is 1. The number of carbonyl (C=O) groups is 1. The van der Waals surface area contributed by atoms with Gasteiger partial charge in [-0.1, -0.05) is 31.0 Å². The van der Waals surface area contributed by atoms with E-state index in [4.69, 9.17) is 0 Å². The highest BCUT2D eigenvalue weighted by Gasteiger charge is 2.09. The predicted octanol–water partition coefficient (Wildman–Crippen LogP) is 3.68. The first kappa shape index (κ1) is 19.4. The first-order chi connectivity index (χ1) is 12.1. The van der Waals surface area contributed by atoms with E-state index in [9.17, 15) is 13.6 Å². The molecule has 2 rings (SSSR count). The fraction of sp³-hybridized carbons (Fsp3) is 0.526. The molecule has 138 valence electrons. The van der Waals surface area contributed by atoms with E-state index in [1.807, 2.05) is 0 Å². The second-order valence-electron chi connectivity index (χ2n) is 6.15. The first-order valence-electron chi connectivity index (χ1n) is 8.87. The molecule has 1 saturated heterocycles. The van der Waals surface area contributed by atoms with E-state index in [2.05, 4.69) is 15.0 Å². The first-order valence-corrected chi connectivity index (χ1v) is 8.87. The molecule has 0 spiro atoms. The molecule has 1 aromatic carbocycles. The van der Waals surface area contributed by atoms with Crippen molar-refractivity contribution in [2.75, 3.05) is 26.2 Å². The number of nitrogens with one attached hydrogen (secondary N) is 1. The van der Waals surface area contributed by atoms with Crippen molar-refractivity contribution in [1.29, 1.82) is 0 Å². The number of benzene rings is 1. The van der Waals surface area contributed by atoms with Crippen LogP contribution in [-0.2, 0) is 4.79 Å². The molecular weight excluding hydrogens is 326 g/mol. The molecule has 1 amide bonds. The second kappa shape index (κ2) is 10.8. The van der Waals surface area contributed by atoms with Crippen LogP contribution in [0, 0.1) is 0 Å². The molecule has 0 unspecified atom stereocenters. The molecule has 4 nitrogen and oxygen atoms in total. The maximum absolute atomic E-state index is 12.4. The largest absolute Gasteiger partial charge is 0.434 e. The van der Waals surface area contributed by atoms with Gasteiger partial charge in [0.2, 0.25) is 5.91 Å². The molecule has 1 N–H and O–H groups in total. The van der Waals surface area contributed by atoms with Gasteiger partial charge in [0.25, 0.3) is 0 Å². The van der Waals surface area contributed by atoms with E-state index in [1.54, 1.807) is 18.2 Å². The van der Waals surface area contributed by atoms with E-state index in [0.29, 0.717) is 12.1 Å². The molecule has 0 aromatic heterocycles. The smallest absolute Gasteiger partial charge is 0.387 e. The Bertz CT molecular complexity index is 556. The summed E-state index contributed by atoms with van der Waals surface area (Å²) in [6.45, 7) is 1.01. The minimum Gasteiger partial charge on any atom is -0.434 e. The molecule has 1 aliphatic rings. The standard InChI is InChI=1S/C19H26F2N2O2/c20-19(21)25-17-9-4-3-8-16(17)10-11-18(24)22-12-7-15-23-13-5-1-2-6-14-23/h3-4,8-11,19H,1-2,5-7,12-15H2,(H,22,24)/b11-10+. The Morgan fingerprint density at radius 3 is 2.64 bits per heavy atom. The summed E-state index contributed by atoms with van der Waals surface area (Å²) >= 11 is 0. The maximum atomic E-state index is 12.4. The number of hydrogen-bond donors (Lipinski definition) is 1. The lowest BCUT2D eigenvalue weighted by molar-refractivity contribution is -0.116. The number of likely N-dealkylation sites (tertiary alicyclic amines) is 1. The number of halogens is 2. The van der Waals surface area contributed by atoms with Crippen LogP contribution in [0.5, 0.6) is 5.75 Å². The number of para-hydroxylation sites is 1. The average molecular weight is 352 g/mol. The molecule has 25 heavy (non-hydrogen) atoms. The third kappa shape index (κ3) is 7.65. The van der Waals surface area contributed by atoms with Gasteiger partial charge >= 0.3 is 6.61 Å². The Morgan fingerprint density at radius 2 is 1.92 bits per heavy atom. The van der Waals surface area contributed by atoms with E-state index in [-0.39, 0.29) is 11.7 Å². The van der Waals surface area contributed by atoms with Crippen LogP contribution in [0.4, 0.5) is 8.78 Å². The molecule has 1 aromatic rings. The van der Waals surface area contributed by atoms with Gasteiger partial charge in [0.15, 0.2) is 0 Å². The maximum Gasteiger partial charge on any atom is 0.387 e. The van der Waals surface area contributed by atoms with Crippen molar-refractivity contribution in [1.82, 2.24) is 10.2 Å². The summed E-state index contributed by atoms with van der Waals surface area (Å²) in [5, 5.41) is 2.83. The zero-order chi connectivity index (χ0) is 17.9. The minimum atomic E-state index is -2.89. The SMILES string of the molecule is O=C(/C=C/c1ccccc1OC(F)F)NCCCN1CCCCCC1. The molecular formula is C19H26F2N2O2. The molecule has 0 saturated carbocycles. The van der Waals surface area contributed by atoms with Crippen molar-refractivity contribution >= 4 is 12.0 Å².